The van der Waals surface area contributed by atoms with Gasteiger partial charge < -0.3 is 10.4 Å². The molecule has 8 heteroatoms. The fourth-order valence-corrected chi connectivity index (χ4v) is 2.75. The minimum absolute atomic E-state index is 0.102. The standard InChI is InChI=1S/C21H15ClN4O3/c22-19-4-2-1-3-16(19)13-26-12-14(11-24-26)9-17(10-23)20(27)25-18-7-5-15(6-8-18)21(28)29/h1-9,11-12H,13H2,(H,25,27)(H,28,29)/b17-9+. The van der Waals surface area contributed by atoms with Crippen molar-refractivity contribution in [1.82, 2.24) is 9.78 Å². The molecule has 0 bridgehead atoms. The van der Waals surface area contributed by atoms with Crippen molar-refractivity contribution < 1.29 is 14.7 Å². The van der Waals surface area contributed by atoms with Gasteiger partial charge in [-0.3, -0.25) is 9.48 Å². The van der Waals surface area contributed by atoms with Gasteiger partial charge in [-0.1, -0.05) is 29.8 Å². The number of nitriles is 1. The van der Waals surface area contributed by atoms with E-state index in [1.165, 1.54) is 30.3 Å². The number of carboxylic acid groups (broad SMARTS) is 1. The highest BCUT2D eigenvalue weighted by Crippen LogP contribution is 2.17. The van der Waals surface area contributed by atoms with Crippen molar-refractivity contribution in [3.63, 3.8) is 0 Å². The second-order valence-electron chi connectivity index (χ2n) is 6.07. The van der Waals surface area contributed by atoms with Crippen LogP contribution in [0.5, 0.6) is 0 Å². The Hall–Kier alpha value is -3.89. The summed E-state index contributed by atoms with van der Waals surface area (Å²) >= 11 is 6.15. The number of carboxylic acids is 1. The van der Waals surface area contributed by atoms with Crippen molar-refractivity contribution in [2.24, 2.45) is 0 Å². The van der Waals surface area contributed by atoms with E-state index in [4.69, 9.17) is 16.7 Å². The second kappa shape index (κ2) is 8.87. The van der Waals surface area contributed by atoms with E-state index in [1.807, 2.05) is 24.3 Å². The highest BCUT2D eigenvalue weighted by atomic mass is 35.5. The Labute approximate surface area is 171 Å². The Morgan fingerprint density at radius 1 is 1.21 bits per heavy atom. The number of aromatic carboxylic acids is 1. The molecule has 1 aromatic heterocycles. The molecule has 1 amide bonds. The Morgan fingerprint density at radius 3 is 2.59 bits per heavy atom. The Balaban J connectivity index is 1.71. The molecule has 0 spiro atoms. The Morgan fingerprint density at radius 2 is 1.93 bits per heavy atom. The molecule has 0 radical (unpaired) electrons. The van der Waals surface area contributed by atoms with Crippen molar-refractivity contribution in [2.75, 3.05) is 5.32 Å². The maximum Gasteiger partial charge on any atom is 0.335 e. The quantitative estimate of drug-likeness (QED) is 0.477. The molecule has 0 aliphatic carbocycles. The predicted octanol–water partition coefficient (Wildman–Crippen LogP) is 3.83. The number of aromatic nitrogens is 2. The average Bonchev–Trinajstić information content (AvgIpc) is 3.15. The summed E-state index contributed by atoms with van der Waals surface area (Å²) in [6.07, 6.45) is 4.68. The number of halogens is 1. The lowest BCUT2D eigenvalue weighted by Crippen LogP contribution is -2.13. The second-order valence-corrected chi connectivity index (χ2v) is 6.48. The molecule has 144 valence electrons. The van der Waals surface area contributed by atoms with Crippen LogP contribution in [-0.4, -0.2) is 26.8 Å². The molecule has 7 nitrogen and oxygen atoms in total. The molecule has 0 aliphatic rings. The number of hydrogen-bond acceptors (Lipinski definition) is 4. The highest BCUT2D eigenvalue weighted by molar-refractivity contribution is 6.31. The molecule has 29 heavy (non-hydrogen) atoms. The molecule has 0 saturated carbocycles. The summed E-state index contributed by atoms with van der Waals surface area (Å²) in [5, 5.41) is 25.7. The van der Waals surface area contributed by atoms with E-state index in [1.54, 1.807) is 23.1 Å². The van der Waals surface area contributed by atoms with Gasteiger partial charge in [0.25, 0.3) is 5.91 Å². The summed E-state index contributed by atoms with van der Waals surface area (Å²) in [6.45, 7) is 0.456. The third kappa shape index (κ3) is 5.09. The number of hydrogen-bond donors (Lipinski definition) is 2. The number of carbonyl (C=O) groups excluding carboxylic acids is 1. The first-order valence-electron chi connectivity index (χ1n) is 8.48. The fourth-order valence-electron chi connectivity index (χ4n) is 2.55. The molecule has 0 aliphatic heterocycles. The highest BCUT2D eigenvalue weighted by Gasteiger charge is 2.11. The van der Waals surface area contributed by atoms with Crippen molar-refractivity contribution in [1.29, 1.82) is 5.26 Å². The zero-order chi connectivity index (χ0) is 20.8. The summed E-state index contributed by atoms with van der Waals surface area (Å²) < 4.78 is 1.66. The lowest BCUT2D eigenvalue weighted by molar-refractivity contribution is -0.112. The van der Waals surface area contributed by atoms with Gasteiger partial charge in [0.1, 0.15) is 11.6 Å². The van der Waals surface area contributed by atoms with Gasteiger partial charge in [0.15, 0.2) is 0 Å². The van der Waals surface area contributed by atoms with E-state index in [9.17, 15) is 14.9 Å². The van der Waals surface area contributed by atoms with Crippen molar-refractivity contribution in [3.05, 3.63) is 88.2 Å². The minimum atomic E-state index is -1.06. The smallest absolute Gasteiger partial charge is 0.335 e. The predicted molar refractivity (Wildman–Crippen MR) is 108 cm³/mol. The van der Waals surface area contributed by atoms with E-state index in [0.717, 1.165) is 5.56 Å². The van der Waals surface area contributed by atoms with Gasteiger partial charge in [-0.05, 0) is 42.0 Å². The Kier molecular flexibility index (Phi) is 6.07. The number of carbonyl (C=O) groups is 2. The van der Waals surface area contributed by atoms with Crippen LogP contribution >= 0.6 is 11.6 Å². The van der Waals surface area contributed by atoms with E-state index in [0.29, 0.717) is 22.8 Å². The lowest BCUT2D eigenvalue weighted by Gasteiger charge is -2.04. The molecule has 1 heterocycles. The number of amides is 1. The summed E-state index contributed by atoms with van der Waals surface area (Å²) in [5.41, 5.74) is 1.87. The van der Waals surface area contributed by atoms with Gasteiger partial charge in [-0.15, -0.1) is 0 Å². The van der Waals surface area contributed by atoms with Crippen LogP contribution in [0.25, 0.3) is 6.08 Å². The van der Waals surface area contributed by atoms with Gasteiger partial charge >= 0.3 is 5.97 Å². The summed E-state index contributed by atoms with van der Waals surface area (Å²) in [4.78, 5) is 23.2. The monoisotopic (exact) mass is 406 g/mol. The SMILES string of the molecule is N#C/C(=C\c1cnn(Cc2ccccc2Cl)c1)C(=O)Nc1ccc(C(=O)O)cc1. The van der Waals surface area contributed by atoms with Crippen molar-refractivity contribution in [2.45, 2.75) is 6.54 Å². The molecule has 0 saturated heterocycles. The van der Waals surface area contributed by atoms with Crippen LogP contribution in [0.3, 0.4) is 0 Å². The molecule has 3 aromatic rings. The van der Waals surface area contributed by atoms with Gasteiger partial charge in [-0.25, -0.2) is 4.79 Å². The minimum Gasteiger partial charge on any atom is -0.478 e. The molecule has 0 atom stereocenters. The van der Waals surface area contributed by atoms with Gasteiger partial charge in [0.05, 0.1) is 18.3 Å². The largest absolute Gasteiger partial charge is 0.478 e. The number of anilines is 1. The summed E-state index contributed by atoms with van der Waals surface area (Å²) in [5.74, 6) is -1.66. The fraction of sp³-hybridized carbons (Fsp3) is 0.0476. The van der Waals surface area contributed by atoms with Crippen LogP contribution in [0, 0.1) is 11.3 Å². The third-order valence-electron chi connectivity index (χ3n) is 4.01. The van der Waals surface area contributed by atoms with Crippen LogP contribution in [0.4, 0.5) is 5.69 Å². The summed E-state index contributed by atoms with van der Waals surface area (Å²) in [6, 6.07) is 14.9. The number of nitrogens with zero attached hydrogens (tertiary/aromatic N) is 3. The van der Waals surface area contributed by atoms with Gasteiger partial charge in [-0.2, -0.15) is 10.4 Å². The number of nitrogens with one attached hydrogen (secondary N) is 1. The first-order chi connectivity index (χ1) is 14.0. The molecule has 2 aromatic carbocycles. The average molecular weight is 407 g/mol. The lowest BCUT2D eigenvalue weighted by atomic mass is 10.1. The normalized spacial score (nSPS) is 11.0. The zero-order valence-electron chi connectivity index (χ0n) is 15.0. The molecule has 2 N–H and O–H groups in total. The maximum absolute atomic E-state index is 12.3. The molecule has 0 unspecified atom stereocenters. The van der Waals surface area contributed by atoms with Crippen LogP contribution < -0.4 is 5.32 Å². The van der Waals surface area contributed by atoms with Gasteiger partial charge in [0, 0.05) is 22.5 Å². The molecular weight excluding hydrogens is 392 g/mol. The Bertz CT molecular complexity index is 1130. The van der Waals surface area contributed by atoms with Crippen molar-refractivity contribution >= 4 is 35.2 Å². The zero-order valence-corrected chi connectivity index (χ0v) is 15.8. The van der Waals surface area contributed by atoms with Gasteiger partial charge in [0.2, 0.25) is 0 Å². The molecular formula is C21H15ClN4O3. The first kappa shape index (κ1) is 19.9. The van der Waals surface area contributed by atoms with Crippen LogP contribution in [0.2, 0.25) is 5.02 Å². The summed E-state index contributed by atoms with van der Waals surface area (Å²) in [7, 11) is 0. The molecule has 0 fully saturated rings. The number of benzene rings is 2. The van der Waals surface area contributed by atoms with Crippen LogP contribution in [0.1, 0.15) is 21.5 Å². The third-order valence-corrected chi connectivity index (χ3v) is 4.38. The maximum atomic E-state index is 12.3. The first-order valence-corrected chi connectivity index (χ1v) is 8.86. The van der Waals surface area contributed by atoms with E-state index in [2.05, 4.69) is 10.4 Å². The topological polar surface area (TPSA) is 108 Å². The van der Waals surface area contributed by atoms with E-state index >= 15 is 0 Å². The van der Waals surface area contributed by atoms with Crippen LogP contribution in [-0.2, 0) is 11.3 Å². The van der Waals surface area contributed by atoms with Crippen LogP contribution in [0.15, 0.2) is 66.5 Å². The van der Waals surface area contributed by atoms with Crippen molar-refractivity contribution in [3.8, 4) is 6.07 Å². The number of rotatable bonds is 6. The van der Waals surface area contributed by atoms with E-state index < -0.39 is 11.9 Å². The van der Waals surface area contributed by atoms with E-state index in [-0.39, 0.29) is 11.1 Å². The molecule has 3 rings (SSSR count).